The van der Waals surface area contributed by atoms with Gasteiger partial charge in [0.2, 0.25) is 5.91 Å². The molecule has 0 aromatic carbocycles. The number of carbonyl (C=O) groups is 2. The zero-order chi connectivity index (χ0) is 12.0. The van der Waals surface area contributed by atoms with E-state index >= 15 is 0 Å². The highest BCUT2D eigenvalue weighted by Crippen LogP contribution is 2.00. The lowest BCUT2D eigenvalue weighted by atomic mass is 10.3. The molecule has 1 rings (SSSR count). The zero-order valence-corrected chi connectivity index (χ0v) is 9.05. The molecule has 7 heteroatoms. The number of nitrogens with zero attached hydrogens (tertiary/aromatic N) is 2. The first-order valence-corrected chi connectivity index (χ1v) is 5.14. The van der Waals surface area contributed by atoms with E-state index < -0.39 is 12.0 Å². The van der Waals surface area contributed by atoms with Crippen LogP contribution in [0.4, 0.5) is 4.79 Å². The van der Waals surface area contributed by atoms with Gasteiger partial charge in [-0.05, 0) is 0 Å². The van der Waals surface area contributed by atoms with Gasteiger partial charge < -0.3 is 25.3 Å². The van der Waals surface area contributed by atoms with Gasteiger partial charge in [-0.15, -0.1) is 0 Å². The number of rotatable bonds is 5. The molecule has 0 unspecified atom stereocenters. The second-order valence-electron chi connectivity index (χ2n) is 3.61. The molecule has 0 aromatic rings. The summed E-state index contributed by atoms with van der Waals surface area (Å²) < 4.78 is 5.01. The number of amides is 2. The highest BCUT2D eigenvalue weighted by molar-refractivity contribution is 5.74. The number of hydrogen-bond acceptors (Lipinski definition) is 5. The van der Waals surface area contributed by atoms with Crippen LogP contribution in [0.2, 0.25) is 0 Å². The first kappa shape index (κ1) is 12.7. The Hall–Kier alpha value is -1.34. The second-order valence-corrected chi connectivity index (χ2v) is 3.61. The Morgan fingerprint density at radius 3 is 2.38 bits per heavy atom. The lowest BCUT2D eigenvalue weighted by Gasteiger charge is -2.35. The third kappa shape index (κ3) is 4.45. The van der Waals surface area contributed by atoms with Crippen LogP contribution in [0.25, 0.3) is 0 Å². The minimum atomic E-state index is -1.12. The Morgan fingerprint density at radius 1 is 1.25 bits per heavy atom. The van der Waals surface area contributed by atoms with Gasteiger partial charge in [-0.25, -0.2) is 0 Å². The number of carboxylic acid groups (broad SMARTS) is 1. The summed E-state index contributed by atoms with van der Waals surface area (Å²) in [7, 11) is 0. The summed E-state index contributed by atoms with van der Waals surface area (Å²) in [5, 5.41) is 10.5. The maximum Gasteiger partial charge on any atom is 0.243 e. The monoisotopic (exact) mass is 230 g/mol. The quantitative estimate of drug-likeness (QED) is 0.524. The highest BCUT2D eigenvalue weighted by atomic mass is 16.5. The minimum Gasteiger partial charge on any atom is -0.530 e. The van der Waals surface area contributed by atoms with Crippen molar-refractivity contribution in [3.8, 4) is 0 Å². The van der Waals surface area contributed by atoms with E-state index in [-0.39, 0.29) is 6.61 Å². The minimum absolute atomic E-state index is 0.0704. The largest absolute Gasteiger partial charge is 0.530 e. The molecule has 1 saturated heterocycles. The van der Waals surface area contributed by atoms with Crippen LogP contribution in [-0.2, 0) is 9.53 Å². The van der Waals surface area contributed by atoms with Crippen LogP contribution in [0.1, 0.15) is 0 Å². The average Bonchev–Trinajstić information content (AvgIpc) is 2.25. The van der Waals surface area contributed by atoms with E-state index in [9.17, 15) is 14.7 Å². The van der Waals surface area contributed by atoms with E-state index in [1.165, 1.54) is 4.90 Å². The predicted octanol–water partition coefficient (Wildman–Crippen LogP) is -2.55. The molecule has 92 valence electrons. The van der Waals surface area contributed by atoms with Crippen molar-refractivity contribution in [1.29, 1.82) is 0 Å². The predicted molar refractivity (Wildman–Crippen MR) is 53.4 cm³/mol. The number of hydrogen-bond donors (Lipinski definition) is 1. The van der Waals surface area contributed by atoms with Crippen molar-refractivity contribution >= 4 is 12.0 Å². The van der Waals surface area contributed by atoms with Gasteiger partial charge in [0, 0.05) is 32.7 Å². The van der Waals surface area contributed by atoms with Crippen LogP contribution in [-0.4, -0.2) is 67.7 Å². The molecule has 0 radical (unpaired) electrons. The molecule has 0 saturated carbocycles. The summed E-state index contributed by atoms with van der Waals surface area (Å²) in [6.07, 6.45) is -1.12. The van der Waals surface area contributed by atoms with Crippen LogP contribution in [0.3, 0.4) is 0 Å². The molecule has 0 atom stereocenters. The molecule has 1 aliphatic rings. The fourth-order valence-corrected chi connectivity index (χ4v) is 1.52. The average molecular weight is 230 g/mol. The normalized spacial score (nSPS) is 17.4. The molecular formula is C9H16N3O4-. The molecular weight excluding hydrogens is 214 g/mol. The number of piperazine rings is 1. The molecule has 0 aromatic heterocycles. The molecule has 0 spiro atoms. The van der Waals surface area contributed by atoms with Gasteiger partial charge in [-0.3, -0.25) is 9.69 Å². The van der Waals surface area contributed by atoms with E-state index in [2.05, 4.69) is 4.90 Å². The van der Waals surface area contributed by atoms with E-state index in [0.29, 0.717) is 39.3 Å². The van der Waals surface area contributed by atoms with Gasteiger partial charge in [0.15, 0.2) is 0 Å². The second kappa shape index (κ2) is 6.29. The molecule has 1 aliphatic heterocycles. The Morgan fingerprint density at radius 2 is 1.88 bits per heavy atom. The van der Waals surface area contributed by atoms with Crippen LogP contribution >= 0.6 is 0 Å². The lowest BCUT2D eigenvalue weighted by Crippen LogP contribution is -2.53. The Bertz CT molecular complexity index is 251. The topological polar surface area (TPSA) is 98.9 Å². The van der Waals surface area contributed by atoms with E-state index in [1.54, 1.807) is 0 Å². The molecule has 7 nitrogen and oxygen atoms in total. The van der Waals surface area contributed by atoms with Crippen molar-refractivity contribution in [2.45, 2.75) is 0 Å². The Balaban J connectivity index is 2.08. The van der Waals surface area contributed by atoms with E-state index in [1.807, 2.05) is 0 Å². The summed E-state index contributed by atoms with van der Waals surface area (Å²) in [6.45, 7) is 3.26. The zero-order valence-electron chi connectivity index (χ0n) is 9.05. The summed E-state index contributed by atoms with van der Waals surface area (Å²) >= 11 is 0. The summed E-state index contributed by atoms with van der Waals surface area (Å²) in [6, 6.07) is 0. The third-order valence-electron chi connectivity index (χ3n) is 2.43. The van der Waals surface area contributed by atoms with Gasteiger partial charge in [0.1, 0.15) is 12.7 Å². The van der Waals surface area contributed by atoms with Crippen LogP contribution < -0.4 is 10.8 Å². The maximum atomic E-state index is 10.5. The number of ether oxygens (including phenoxy) is 1. The maximum absolute atomic E-state index is 10.5. The fourth-order valence-electron chi connectivity index (χ4n) is 1.52. The van der Waals surface area contributed by atoms with Gasteiger partial charge in [-0.2, -0.15) is 0 Å². The van der Waals surface area contributed by atoms with Crippen molar-refractivity contribution < 1.29 is 19.4 Å². The molecule has 0 aliphatic carbocycles. The first-order valence-electron chi connectivity index (χ1n) is 5.14. The highest BCUT2D eigenvalue weighted by Gasteiger charge is 2.15. The summed E-state index contributed by atoms with van der Waals surface area (Å²) in [5.41, 5.74) is 4.91. The molecule has 1 fully saturated rings. The van der Waals surface area contributed by atoms with Crippen molar-refractivity contribution in [1.82, 2.24) is 9.80 Å². The van der Waals surface area contributed by atoms with Gasteiger partial charge >= 0.3 is 0 Å². The summed E-state index contributed by atoms with van der Waals surface area (Å²) in [5.74, 6) is -0.484. The third-order valence-corrected chi connectivity index (χ3v) is 2.43. The van der Waals surface area contributed by atoms with Gasteiger partial charge in [0.05, 0.1) is 6.61 Å². The van der Waals surface area contributed by atoms with Crippen molar-refractivity contribution in [2.75, 3.05) is 45.9 Å². The number of carbonyl (C=O) groups excluding carboxylic acids is 2. The first-order chi connectivity index (χ1) is 7.59. The van der Waals surface area contributed by atoms with Crippen molar-refractivity contribution in [3.63, 3.8) is 0 Å². The van der Waals surface area contributed by atoms with Crippen molar-refractivity contribution in [3.05, 3.63) is 0 Å². The van der Waals surface area contributed by atoms with E-state index in [4.69, 9.17) is 10.5 Å². The smallest absolute Gasteiger partial charge is 0.243 e. The van der Waals surface area contributed by atoms with Crippen LogP contribution in [0.5, 0.6) is 0 Å². The molecule has 2 amide bonds. The number of nitrogens with two attached hydrogens (primary N) is 1. The summed E-state index contributed by atoms with van der Waals surface area (Å²) in [4.78, 5) is 24.2. The van der Waals surface area contributed by atoms with Crippen molar-refractivity contribution in [2.24, 2.45) is 5.73 Å². The molecule has 16 heavy (non-hydrogen) atoms. The standard InChI is InChI=1S/C9H17N3O4/c10-8(13)7-16-6-5-11-1-3-12(4-2-11)9(14)15/h1-7H2,(H2,10,13)(H,14,15)/p-1. The van der Waals surface area contributed by atoms with Crippen LogP contribution in [0.15, 0.2) is 0 Å². The van der Waals surface area contributed by atoms with Gasteiger partial charge in [0.25, 0.3) is 0 Å². The molecule has 2 N–H and O–H groups in total. The Labute approximate surface area is 93.7 Å². The molecule has 1 heterocycles. The Kier molecular flexibility index (Phi) is 5.00. The van der Waals surface area contributed by atoms with Crippen LogP contribution in [0, 0.1) is 0 Å². The SMILES string of the molecule is NC(=O)COCCN1CCN(C(=O)[O-])CC1. The van der Waals surface area contributed by atoms with E-state index in [0.717, 1.165) is 0 Å². The fraction of sp³-hybridized carbons (Fsp3) is 0.778. The lowest BCUT2D eigenvalue weighted by molar-refractivity contribution is -0.266. The number of primary amides is 1. The molecule has 0 bridgehead atoms. The van der Waals surface area contributed by atoms with Gasteiger partial charge in [-0.1, -0.05) is 0 Å².